The minimum Gasteiger partial charge on any atom is -0.496 e. The average Bonchev–Trinajstić information content (AvgIpc) is 2.95. The molecule has 3 nitrogen and oxygen atoms in total. The summed E-state index contributed by atoms with van der Waals surface area (Å²) in [6, 6.07) is 6.49. The lowest BCUT2D eigenvalue weighted by molar-refractivity contribution is 0.176. The summed E-state index contributed by atoms with van der Waals surface area (Å²) in [5, 5.41) is 0.736. The summed E-state index contributed by atoms with van der Waals surface area (Å²) in [6.45, 7) is 0.549. The smallest absolute Gasteiger partial charge is 0.125 e. The van der Waals surface area contributed by atoms with Gasteiger partial charge in [-0.25, -0.2) is 0 Å². The van der Waals surface area contributed by atoms with Gasteiger partial charge in [-0.1, -0.05) is 30.5 Å². The van der Waals surface area contributed by atoms with Gasteiger partial charge in [0.2, 0.25) is 0 Å². The summed E-state index contributed by atoms with van der Waals surface area (Å²) >= 11 is 6.37. The molecule has 0 radical (unpaired) electrons. The molecule has 106 valence electrons. The monoisotopic (exact) mass is 282 g/mol. The molecule has 1 aliphatic rings. The van der Waals surface area contributed by atoms with Crippen molar-refractivity contribution in [3.63, 3.8) is 0 Å². The van der Waals surface area contributed by atoms with Crippen LogP contribution in [-0.2, 0) is 0 Å². The van der Waals surface area contributed by atoms with Crippen molar-refractivity contribution < 1.29 is 4.74 Å². The van der Waals surface area contributed by atoms with E-state index in [1.165, 1.54) is 25.7 Å². The second-order valence-electron chi connectivity index (χ2n) is 5.21. The Hall–Kier alpha value is -0.770. The molecule has 1 aromatic carbocycles. The first-order chi connectivity index (χ1) is 9.19. The number of rotatable bonds is 5. The Kier molecular flexibility index (Phi) is 5.08. The van der Waals surface area contributed by atoms with Gasteiger partial charge in [0.15, 0.2) is 0 Å². The van der Waals surface area contributed by atoms with Crippen LogP contribution >= 0.6 is 11.6 Å². The summed E-state index contributed by atoms with van der Waals surface area (Å²) in [5.74, 6) is 0.827. The highest BCUT2D eigenvalue weighted by Gasteiger charge is 2.28. The highest BCUT2D eigenvalue weighted by Crippen LogP contribution is 2.37. The maximum atomic E-state index is 6.37. The van der Waals surface area contributed by atoms with Crippen molar-refractivity contribution in [1.29, 1.82) is 0 Å². The molecule has 1 atom stereocenters. The number of methoxy groups -OCH3 is 1. The molecular formula is C15H23ClN2O. The zero-order valence-electron chi connectivity index (χ0n) is 11.7. The van der Waals surface area contributed by atoms with E-state index in [0.717, 1.165) is 16.3 Å². The van der Waals surface area contributed by atoms with Gasteiger partial charge < -0.3 is 10.5 Å². The Balaban J connectivity index is 2.30. The molecular weight excluding hydrogens is 260 g/mol. The van der Waals surface area contributed by atoms with E-state index in [-0.39, 0.29) is 6.04 Å². The summed E-state index contributed by atoms with van der Waals surface area (Å²) < 4.78 is 5.46. The average molecular weight is 283 g/mol. The van der Waals surface area contributed by atoms with Gasteiger partial charge in [0.05, 0.1) is 13.2 Å². The molecule has 1 unspecified atom stereocenters. The van der Waals surface area contributed by atoms with E-state index in [1.807, 2.05) is 18.2 Å². The van der Waals surface area contributed by atoms with Crippen LogP contribution in [0.3, 0.4) is 0 Å². The topological polar surface area (TPSA) is 38.5 Å². The van der Waals surface area contributed by atoms with Gasteiger partial charge in [-0.2, -0.15) is 0 Å². The van der Waals surface area contributed by atoms with Gasteiger partial charge in [-0.05, 0) is 32.0 Å². The normalized spacial score (nSPS) is 17.9. The first-order valence-electron chi connectivity index (χ1n) is 6.93. The SMILES string of the molecule is COc1cccc(Cl)c1C(CN)N(C)C1CCCC1. The molecule has 0 aliphatic heterocycles. The van der Waals surface area contributed by atoms with Gasteiger partial charge in [0.25, 0.3) is 0 Å². The van der Waals surface area contributed by atoms with Gasteiger partial charge in [0, 0.05) is 23.2 Å². The van der Waals surface area contributed by atoms with Crippen molar-refractivity contribution in [2.75, 3.05) is 20.7 Å². The van der Waals surface area contributed by atoms with Crippen LogP contribution in [0.25, 0.3) is 0 Å². The third kappa shape index (κ3) is 3.04. The number of benzene rings is 1. The molecule has 2 rings (SSSR count). The van der Waals surface area contributed by atoms with Gasteiger partial charge in [-0.3, -0.25) is 4.90 Å². The van der Waals surface area contributed by atoms with Crippen LogP contribution in [0, 0.1) is 0 Å². The molecule has 1 saturated carbocycles. The number of hydrogen-bond acceptors (Lipinski definition) is 3. The van der Waals surface area contributed by atoms with E-state index in [0.29, 0.717) is 12.6 Å². The van der Waals surface area contributed by atoms with Crippen LogP contribution in [0.1, 0.15) is 37.3 Å². The largest absolute Gasteiger partial charge is 0.496 e. The van der Waals surface area contributed by atoms with Gasteiger partial charge in [0.1, 0.15) is 5.75 Å². The van der Waals surface area contributed by atoms with E-state index in [9.17, 15) is 0 Å². The molecule has 0 heterocycles. The van der Waals surface area contributed by atoms with Crippen molar-refractivity contribution in [1.82, 2.24) is 4.90 Å². The Morgan fingerprint density at radius 1 is 1.42 bits per heavy atom. The second-order valence-corrected chi connectivity index (χ2v) is 5.62. The molecule has 0 saturated heterocycles. The lowest BCUT2D eigenvalue weighted by Gasteiger charge is -2.33. The maximum absolute atomic E-state index is 6.37. The standard InChI is InChI=1S/C15H23ClN2O/c1-18(11-6-3-4-7-11)13(10-17)15-12(16)8-5-9-14(15)19-2/h5,8-9,11,13H,3-4,6-7,10,17H2,1-2H3. The highest BCUT2D eigenvalue weighted by atomic mass is 35.5. The zero-order valence-corrected chi connectivity index (χ0v) is 12.5. The first-order valence-corrected chi connectivity index (χ1v) is 7.31. The molecule has 0 amide bonds. The molecule has 0 spiro atoms. The summed E-state index contributed by atoms with van der Waals surface area (Å²) in [7, 11) is 3.83. The molecule has 1 aromatic rings. The molecule has 19 heavy (non-hydrogen) atoms. The number of hydrogen-bond donors (Lipinski definition) is 1. The number of nitrogens with two attached hydrogens (primary N) is 1. The third-order valence-electron chi connectivity index (χ3n) is 4.18. The minimum absolute atomic E-state index is 0.117. The Morgan fingerprint density at radius 2 is 2.11 bits per heavy atom. The summed E-state index contributed by atoms with van der Waals surface area (Å²) in [5.41, 5.74) is 7.03. The van der Waals surface area contributed by atoms with E-state index in [4.69, 9.17) is 22.1 Å². The van der Waals surface area contributed by atoms with Crippen molar-refractivity contribution in [2.45, 2.75) is 37.8 Å². The Labute approximate surface area is 120 Å². The molecule has 0 bridgehead atoms. The molecule has 0 aromatic heterocycles. The Morgan fingerprint density at radius 3 is 2.68 bits per heavy atom. The number of halogens is 1. The fourth-order valence-electron chi connectivity index (χ4n) is 3.07. The fourth-order valence-corrected chi connectivity index (χ4v) is 3.36. The fraction of sp³-hybridized carbons (Fsp3) is 0.600. The molecule has 4 heteroatoms. The lowest BCUT2D eigenvalue weighted by Crippen LogP contribution is -2.37. The maximum Gasteiger partial charge on any atom is 0.125 e. The van der Waals surface area contributed by atoms with E-state index in [1.54, 1.807) is 7.11 Å². The van der Waals surface area contributed by atoms with Gasteiger partial charge in [-0.15, -0.1) is 0 Å². The number of ether oxygens (including phenoxy) is 1. The number of nitrogens with zero attached hydrogens (tertiary/aromatic N) is 1. The third-order valence-corrected chi connectivity index (χ3v) is 4.51. The van der Waals surface area contributed by atoms with E-state index in [2.05, 4.69) is 11.9 Å². The van der Waals surface area contributed by atoms with Crippen LogP contribution in [0.15, 0.2) is 18.2 Å². The van der Waals surface area contributed by atoms with Crippen LogP contribution < -0.4 is 10.5 Å². The van der Waals surface area contributed by atoms with Crippen molar-refractivity contribution >= 4 is 11.6 Å². The quantitative estimate of drug-likeness (QED) is 0.901. The highest BCUT2D eigenvalue weighted by molar-refractivity contribution is 6.31. The van der Waals surface area contributed by atoms with Crippen molar-refractivity contribution in [3.05, 3.63) is 28.8 Å². The van der Waals surface area contributed by atoms with E-state index < -0.39 is 0 Å². The van der Waals surface area contributed by atoms with Crippen LogP contribution in [0.2, 0.25) is 5.02 Å². The van der Waals surface area contributed by atoms with Gasteiger partial charge >= 0.3 is 0 Å². The van der Waals surface area contributed by atoms with Crippen LogP contribution in [-0.4, -0.2) is 31.6 Å². The first kappa shape index (κ1) is 14.6. The Bertz CT molecular complexity index is 419. The summed E-state index contributed by atoms with van der Waals surface area (Å²) in [6.07, 6.45) is 5.12. The van der Waals surface area contributed by atoms with Crippen molar-refractivity contribution in [3.8, 4) is 5.75 Å². The van der Waals surface area contributed by atoms with Crippen LogP contribution in [0.4, 0.5) is 0 Å². The minimum atomic E-state index is 0.117. The van der Waals surface area contributed by atoms with E-state index >= 15 is 0 Å². The van der Waals surface area contributed by atoms with Crippen molar-refractivity contribution in [2.24, 2.45) is 5.73 Å². The molecule has 1 aliphatic carbocycles. The predicted molar refractivity (Wildman–Crippen MR) is 79.8 cm³/mol. The predicted octanol–water partition coefficient (Wildman–Crippen LogP) is 3.22. The number of likely N-dealkylation sites (N-methyl/N-ethyl adjacent to an activating group) is 1. The van der Waals surface area contributed by atoms with Crippen LogP contribution in [0.5, 0.6) is 5.75 Å². The summed E-state index contributed by atoms with van der Waals surface area (Å²) in [4.78, 5) is 2.37. The second kappa shape index (κ2) is 6.60. The lowest BCUT2D eigenvalue weighted by atomic mass is 10.0. The molecule has 2 N–H and O–H groups in total. The molecule has 1 fully saturated rings. The zero-order chi connectivity index (χ0) is 13.8.